The maximum Gasteiger partial charge on any atom is 0.230 e. The molecule has 0 spiro atoms. The molecule has 0 atom stereocenters. The lowest BCUT2D eigenvalue weighted by Crippen LogP contribution is -2.24. The number of benzene rings is 2. The van der Waals surface area contributed by atoms with Crippen molar-refractivity contribution in [1.29, 1.82) is 0 Å². The van der Waals surface area contributed by atoms with Crippen LogP contribution in [0, 0.1) is 6.92 Å². The highest BCUT2D eigenvalue weighted by Crippen LogP contribution is 2.28. The van der Waals surface area contributed by atoms with Gasteiger partial charge in [-0.1, -0.05) is 59.8 Å². The highest BCUT2D eigenvalue weighted by Gasteiger charge is 2.13. The molecule has 28 heavy (non-hydrogen) atoms. The Hall–Kier alpha value is -3.12. The van der Waals surface area contributed by atoms with Crippen LogP contribution in [0.3, 0.4) is 0 Å². The van der Waals surface area contributed by atoms with Gasteiger partial charge in [-0.05, 0) is 30.7 Å². The van der Waals surface area contributed by atoms with Crippen molar-refractivity contribution in [2.45, 2.75) is 18.5 Å². The van der Waals surface area contributed by atoms with E-state index >= 15 is 0 Å². The summed E-state index contributed by atoms with van der Waals surface area (Å²) >= 11 is 1.40. The largest absolute Gasteiger partial charge is 0.461 e. The molecule has 6 heteroatoms. The van der Waals surface area contributed by atoms with Gasteiger partial charge < -0.3 is 9.73 Å². The molecule has 1 N–H and O–H groups in total. The predicted molar refractivity (Wildman–Crippen MR) is 111 cm³/mol. The number of hydrogen-bond donors (Lipinski definition) is 1. The van der Waals surface area contributed by atoms with Gasteiger partial charge in [-0.15, -0.1) is 0 Å². The number of para-hydroxylation sites is 1. The lowest BCUT2D eigenvalue weighted by atomic mass is 10.1. The van der Waals surface area contributed by atoms with E-state index < -0.39 is 0 Å². The molecule has 2 heterocycles. The number of furan rings is 1. The Morgan fingerprint density at radius 3 is 2.64 bits per heavy atom. The van der Waals surface area contributed by atoms with Gasteiger partial charge in [-0.2, -0.15) is 0 Å². The van der Waals surface area contributed by atoms with Crippen LogP contribution in [-0.2, 0) is 11.3 Å². The van der Waals surface area contributed by atoms with Gasteiger partial charge in [0.1, 0.15) is 5.03 Å². The standard InChI is InChI=1S/C22H19N3O2S/c1-15-8-10-16(11-9-15)13-23-20(26)14-28-22-17-5-2-3-6-18(17)24-21(25-22)19-7-4-12-27-19/h2-12H,13-14H2,1H3,(H,23,26). The van der Waals surface area contributed by atoms with Crippen LogP contribution >= 0.6 is 11.8 Å². The Labute approximate surface area is 167 Å². The molecule has 2 aromatic heterocycles. The summed E-state index contributed by atoms with van der Waals surface area (Å²) in [6, 6.07) is 19.5. The van der Waals surface area contributed by atoms with Gasteiger partial charge >= 0.3 is 0 Å². The second kappa shape index (κ2) is 8.27. The minimum atomic E-state index is -0.0344. The molecule has 140 valence electrons. The highest BCUT2D eigenvalue weighted by atomic mass is 32.2. The van der Waals surface area contributed by atoms with E-state index in [9.17, 15) is 4.79 Å². The number of amides is 1. The second-order valence-electron chi connectivity index (χ2n) is 6.40. The first-order valence-corrected chi connectivity index (χ1v) is 9.93. The number of nitrogens with one attached hydrogen (secondary N) is 1. The Morgan fingerprint density at radius 2 is 1.86 bits per heavy atom. The van der Waals surface area contributed by atoms with Crippen LogP contribution in [0.15, 0.2) is 76.4 Å². The molecule has 4 rings (SSSR count). The topological polar surface area (TPSA) is 68.0 Å². The van der Waals surface area contributed by atoms with E-state index in [1.165, 1.54) is 17.3 Å². The van der Waals surface area contributed by atoms with Crippen molar-refractivity contribution in [1.82, 2.24) is 15.3 Å². The first-order chi connectivity index (χ1) is 13.7. The van der Waals surface area contributed by atoms with Gasteiger partial charge in [-0.3, -0.25) is 4.79 Å². The monoisotopic (exact) mass is 389 g/mol. The van der Waals surface area contributed by atoms with E-state index in [1.54, 1.807) is 12.3 Å². The third-order valence-electron chi connectivity index (χ3n) is 4.26. The zero-order chi connectivity index (χ0) is 19.3. The van der Waals surface area contributed by atoms with Crippen molar-refractivity contribution < 1.29 is 9.21 Å². The smallest absolute Gasteiger partial charge is 0.230 e. The van der Waals surface area contributed by atoms with Crippen molar-refractivity contribution >= 4 is 28.6 Å². The van der Waals surface area contributed by atoms with Crippen LogP contribution in [0.5, 0.6) is 0 Å². The van der Waals surface area contributed by atoms with Crippen LogP contribution in [0.4, 0.5) is 0 Å². The minimum absolute atomic E-state index is 0.0344. The molecular weight excluding hydrogens is 370 g/mol. The summed E-state index contributed by atoms with van der Waals surface area (Å²) in [6.07, 6.45) is 1.60. The Morgan fingerprint density at radius 1 is 1.04 bits per heavy atom. The first-order valence-electron chi connectivity index (χ1n) is 8.95. The van der Waals surface area contributed by atoms with Crippen LogP contribution < -0.4 is 5.32 Å². The number of carbonyl (C=O) groups is 1. The first kappa shape index (κ1) is 18.3. The van der Waals surface area contributed by atoms with E-state index in [1.807, 2.05) is 61.5 Å². The maximum atomic E-state index is 12.3. The Kier molecular flexibility index (Phi) is 5.39. The number of rotatable bonds is 6. The molecule has 0 bridgehead atoms. The Bertz CT molecular complexity index is 1090. The second-order valence-corrected chi connectivity index (χ2v) is 7.36. The summed E-state index contributed by atoms with van der Waals surface area (Å²) in [6.45, 7) is 2.56. The molecule has 0 saturated carbocycles. The molecule has 5 nitrogen and oxygen atoms in total. The number of carbonyl (C=O) groups excluding carboxylic acids is 1. The third-order valence-corrected chi connectivity index (χ3v) is 5.25. The fourth-order valence-corrected chi connectivity index (χ4v) is 3.61. The highest BCUT2D eigenvalue weighted by molar-refractivity contribution is 8.00. The summed E-state index contributed by atoms with van der Waals surface area (Å²) in [5, 5.41) is 4.65. The normalized spacial score (nSPS) is 10.9. The van der Waals surface area contributed by atoms with E-state index in [0.717, 1.165) is 21.5 Å². The summed E-state index contributed by atoms with van der Waals surface area (Å²) in [4.78, 5) is 21.5. The Balaban J connectivity index is 1.47. The SMILES string of the molecule is Cc1ccc(CNC(=O)CSc2nc(-c3ccco3)nc3ccccc23)cc1. The summed E-state index contributed by atoms with van der Waals surface area (Å²) in [5.41, 5.74) is 3.11. The molecule has 0 fully saturated rings. The van der Waals surface area contributed by atoms with E-state index in [4.69, 9.17) is 4.42 Å². The van der Waals surface area contributed by atoms with E-state index in [2.05, 4.69) is 15.3 Å². The molecular formula is C22H19N3O2S. The van der Waals surface area contributed by atoms with Gasteiger partial charge in [0.2, 0.25) is 5.91 Å². The molecule has 0 unspecified atom stereocenters. The third kappa shape index (κ3) is 4.23. The average Bonchev–Trinajstić information content (AvgIpc) is 3.26. The van der Waals surface area contributed by atoms with Gasteiger partial charge in [0.25, 0.3) is 0 Å². The van der Waals surface area contributed by atoms with Crippen molar-refractivity contribution in [2.75, 3.05) is 5.75 Å². The quantitative estimate of drug-likeness (QED) is 0.385. The maximum absolute atomic E-state index is 12.3. The van der Waals surface area contributed by atoms with Crippen molar-refractivity contribution in [3.05, 3.63) is 78.1 Å². The van der Waals surface area contributed by atoms with Gasteiger partial charge in [0, 0.05) is 11.9 Å². The number of nitrogens with zero attached hydrogens (tertiary/aromatic N) is 2. The number of aryl methyl sites for hydroxylation is 1. The van der Waals surface area contributed by atoms with Crippen molar-refractivity contribution in [3.63, 3.8) is 0 Å². The van der Waals surface area contributed by atoms with Gasteiger partial charge in [0.05, 0.1) is 17.5 Å². The van der Waals surface area contributed by atoms with Crippen molar-refractivity contribution in [2.24, 2.45) is 0 Å². The van der Waals surface area contributed by atoms with Crippen LogP contribution in [0.25, 0.3) is 22.5 Å². The van der Waals surface area contributed by atoms with Gasteiger partial charge in [0.15, 0.2) is 11.6 Å². The molecule has 1 amide bonds. The summed E-state index contributed by atoms with van der Waals surface area (Å²) in [7, 11) is 0. The molecule has 4 aromatic rings. The number of fused-ring (bicyclic) bond motifs is 1. The molecule has 0 aliphatic carbocycles. The van der Waals surface area contributed by atoms with Crippen molar-refractivity contribution in [3.8, 4) is 11.6 Å². The van der Waals surface area contributed by atoms with Gasteiger partial charge in [-0.25, -0.2) is 9.97 Å². The average molecular weight is 389 g/mol. The summed E-state index contributed by atoms with van der Waals surface area (Å²) < 4.78 is 5.43. The molecule has 0 radical (unpaired) electrons. The van der Waals surface area contributed by atoms with E-state index in [-0.39, 0.29) is 11.7 Å². The lowest BCUT2D eigenvalue weighted by molar-refractivity contribution is -0.118. The number of aromatic nitrogens is 2. The zero-order valence-corrected chi connectivity index (χ0v) is 16.2. The molecule has 2 aromatic carbocycles. The van der Waals surface area contributed by atoms with E-state index in [0.29, 0.717) is 18.1 Å². The molecule has 0 aliphatic rings. The molecule has 0 aliphatic heterocycles. The summed E-state index contributed by atoms with van der Waals surface area (Å²) in [5.74, 6) is 1.38. The zero-order valence-electron chi connectivity index (χ0n) is 15.4. The predicted octanol–water partition coefficient (Wildman–Crippen LogP) is 4.61. The fourth-order valence-electron chi connectivity index (χ4n) is 2.77. The number of thioether (sulfide) groups is 1. The van der Waals surface area contributed by atoms with Crippen LogP contribution in [0.1, 0.15) is 11.1 Å². The molecule has 0 saturated heterocycles. The lowest BCUT2D eigenvalue weighted by Gasteiger charge is -2.08. The van der Waals surface area contributed by atoms with Crippen LogP contribution in [0.2, 0.25) is 0 Å². The van der Waals surface area contributed by atoms with Crippen LogP contribution in [-0.4, -0.2) is 21.6 Å². The fraction of sp³-hybridized carbons (Fsp3) is 0.136. The number of hydrogen-bond acceptors (Lipinski definition) is 5. The minimum Gasteiger partial charge on any atom is -0.461 e.